The molecule has 0 spiro atoms. The summed E-state index contributed by atoms with van der Waals surface area (Å²) in [5.74, 6) is -0.269. The van der Waals surface area contributed by atoms with E-state index in [-0.39, 0.29) is 17.0 Å². The summed E-state index contributed by atoms with van der Waals surface area (Å²) in [6, 6.07) is 5.08. The zero-order valence-electron chi connectivity index (χ0n) is 20.0. The molecule has 0 unspecified atom stereocenters. The molecule has 10 heteroatoms. The minimum atomic E-state index is -3.59. The molecule has 1 fully saturated rings. The SMILES string of the molecule is CCCCOC(=O)[C@@H](C)Sc1nc2cc(S(=O)(=O)N(CC)CC)ccc2n1C[C@@H]1CCCO1. The van der Waals surface area contributed by atoms with Crippen molar-refractivity contribution in [3.63, 3.8) is 0 Å². The molecule has 8 nitrogen and oxygen atoms in total. The lowest BCUT2D eigenvalue weighted by Crippen LogP contribution is -2.30. The topological polar surface area (TPSA) is 90.7 Å². The number of benzene rings is 1. The van der Waals surface area contributed by atoms with Gasteiger partial charge < -0.3 is 14.0 Å². The van der Waals surface area contributed by atoms with Crippen LogP contribution in [-0.4, -0.2) is 65.9 Å². The van der Waals surface area contributed by atoms with Crippen molar-refractivity contribution < 1.29 is 22.7 Å². The highest BCUT2D eigenvalue weighted by atomic mass is 32.2. The molecule has 0 aliphatic carbocycles. The zero-order chi connectivity index (χ0) is 24.0. The molecule has 2 heterocycles. The number of rotatable bonds is 12. The van der Waals surface area contributed by atoms with Gasteiger partial charge >= 0.3 is 5.97 Å². The number of aromatic nitrogens is 2. The molecule has 0 bridgehead atoms. The Kier molecular flexibility index (Phi) is 9.20. The number of carbonyl (C=O) groups excluding carboxylic acids is 1. The second kappa shape index (κ2) is 11.7. The third-order valence-electron chi connectivity index (χ3n) is 5.79. The predicted molar refractivity (Wildman–Crippen MR) is 130 cm³/mol. The summed E-state index contributed by atoms with van der Waals surface area (Å²) in [6.45, 7) is 10.1. The highest BCUT2D eigenvalue weighted by Crippen LogP contribution is 2.31. The van der Waals surface area contributed by atoms with Crippen molar-refractivity contribution in [1.29, 1.82) is 0 Å². The number of nitrogens with zero attached hydrogens (tertiary/aromatic N) is 3. The van der Waals surface area contributed by atoms with E-state index in [1.54, 1.807) is 12.1 Å². The van der Waals surface area contributed by atoms with Crippen LogP contribution >= 0.6 is 11.8 Å². The van der Waals surface area contributed by atoms with Crippen LogP contribution in [0.4, 0.5) is 0 Å². The standard InChI is InChI=1S/C23H35N3O5S2/c1-5-8-13-31-22(27)17(4)32-23-24-20-15-19(33(28,29)25(6-2)7-3)11-12-21(20)26(23)16-18-10-9-14-30-18/h11-12,15,17-18H,5-10,13-14,16H2,1-4H3/t17-,18+/m1/s1. The average molecular weight is 498 g/mol. The minimum Gasteiger partial charge on any atom is -0.465 e. The Balaban J connectivity index is 1.94. The molecular weight excluding hydrogens is 462 g/mol. The van der Waals surface area contributed by atoms with Crippen LogP contribution in [0.2, 0.25) is 0 Å². The van der Waals surface area contributed by atoms with E-state index in [4.69, 9.17) is 14.5 Å². The summed E-state index contributed by atoms with van der Waals surface area (Å²) in [4.78, 5) is 17.4. The number of sulfonamides is 1. The van der Waals surface area contributed by atoms with Crippen molar-refractivity contribution in [2.45, 2.75) is 81.3 Å². The summed E-state index contributed by atoms with van der Waals surface area (Å²) < 4.78 is 40.7. The van der Waals surface area contributed by atoms with Gasteiger partial charge in [-0.1, -0.05) is 39.0 Å². The first-order chi connectivity index (χ1) is 15.8. The number of ether oxygens (including phenoxy) is 2. The van der Waals surface area contributed by atoms with Gasteiger partial charge in [-0.25, -0.2) is 13.4 Å². The number of hydrogen-bond donors (Lipinski definition) is 0. The van der Waals surface area contributed by atoms with Crippen LogP contribution in [0, 0.1) is 0 Å². The van der Waals surface area contributed by atoms with E-state index in [2.05, 4.69) is 0 Å². The number of carbonyl (C=O) groups is 1. The first-order valence-corrected chi connectivity index (χ1v) is 14.1. The van der Waals surface area contributed by atoms with Gasteiger partial charge in [0.25, 0.3) is 0 Å². The molecule has 0 saturated carbocycles. The Labute approximate surface area is 201 Å². The molecule has 1 aliphatic rings. The smallest absolute Gasteiger partial charge is 0.319 e. The van der Waals surface area contributed by atoms with Crippen molar-refractivity contribution in [3.8, 4) is 0 Å². The van der Waals surface area contributed by atoms with Gasteiger partial charge in [0.2, 0.25) is 10.0 Å². The molecule has 1 saturated heterocycles. The molecule has 0 N–H and O–H groups in total. The Hall–Kier alpha value is -1.62. The molecule has 1 aliphatic heterocycles. The molecule has 3 rings (SSSR count). The van der Waals surface area contributed by atoms with Crippen LogP contribution in [0.5, 0.6) is 0 Å². The predicted octanol–water partition coefficient (Wildman–Crippen LogP) is 4.07. The highest BCUT2D eigenvalue weighted by molar-refractivity contribution is 8.00. The number of imidazole rings is 1. The Morgan fingerprint density at radius 1 is 1.33 bits per heavy atom. The number of hydrogen-bond acceptors (Lipinski definition) is 7. The van der Waals surface area contributed by atoms with Crippen LogP contribution in [0.1, 0.15) is 53.4 Å². The normalized spacial score (nSPS) is 17.7. The van der Waals surface area contributed by atoms with Crippen molar-refractivity contribution >= 4 is 38.8 Å². The van der Waals surface area contributed by atoms with Gasteiger partial charge in [-0.15, -0.1) is 0 Å². The van der Waals surface area contributed by atoms with Gasteiger partial charge in [-0.3, -0.25) is 4.79 Å². The maximum atomic E-state index is 13.0. The number of esters is 1. The van der Waals surface area contributed by atoms with Gasteiger partial charge in [0.05, 0.1) is 35.2 Å². The first kappa shape index (κ1) is 26.0. The van der Waals surface area contributed by atoms with E-state index in [9.17, 15) is 13.2 Å². The summed E-state index contributed by atoms with van der Waals surface area (Å²) in [5.41, 5.74) is 1.42. The Morgan fingerprint density at radius 3 is 2.73 bits per heavy atom. The Bertz CT molecular complexity index is 1040. The van der Waals surface area contributed by atoms with Crippen molar-refractivity contribution in [1.82, 2.24) is 13.9 Å². The first-order valence-electron chi connectivity index (χ1n) is 11.8. The second-order valence-electron chi connectivity index (χ2n) is 8.16. The van der Waals surface area contributed by atoms with Gasteiger partial charge in [-0.2, -0.15) is 4.31 Å². The van der Waals surface area contributed by atoms with Crippen molar-refractivity contribution in [2.24, 2.45) is 0 Å². The van der Waals surface area contributed by atoms with Crippen molar-refractivity contribution in [3.05, 3.63) is 18.2 Å². The average Bonchev–Trinajstić information content (AvgIpc) is 3.42. The van der Waals surface area contributed by atoms with Crippen LogP contribution in [-0.2, 0) is 30.8 Å². The van der Waals surface area contributed by atoms with Gasteiger partial charge in [0, 0.05) is 19.7 Å². The van der Waals surface area contributed by atoms with E-state index in [0.29, 0.717) is 36.9 Å². The zero-order valence-corrected chi connectivity index (χ0v) is 21.6. The van der Waals surface area contributed by atoms with E-state index >= 15 is 0 Å². The lowest BCUT2D eigenvalue weighted by molar-refractivity contribution is -0.142. The number of thioether (sulfide) groups is 1. The molecule has 33 heavy (non-hydrogen) atoms. The number of unbranched alkanes of at least 4 members (excludes halogenated alkanes) is 1. The van der Waals surface area contributed by atoms with Gasteiger partial charge in [-0.05, 0) is 44.4 Å². The molecule has 1 aromatic heterocycles. The molecule has 0 amide bonds. The van der Waals surface area contributed by atoms with Gasteiger partial charge in [0.15, 0.2) is 5.16 Å². The maximum Gasteiger partial charge on any atom is 0.319 e. The van der Waals surface area contributed by atoms with Gasteiger partial charge in [0.1, 0.15) is 5.25 Å². The van der Waals surface area contributed by atoms with E-state index in [1.165, 1.54) is 16.1 Å². The van der Waals surface area contributed by atoms with Crippen LogP contribution in [0.25, 0.3) is 11.0 Å². The monoisotopic (exact) mass is 497 g/mol. The molecule has 1 aromatic carbocycles. The van der Waals surface area contributed by atoms with E-state index in [1.807, 2.05) is 38.3 Å². The fraction of sp³-hybridized carbons (Fsp3) is 0.652. The quantitative estimate of drug-likeness (QED) is 0.248. The summed E-state index contributed by atoms with van der Waals surface area (Å²) in [7, 11) is -3.59. The summed E-state index contributed by atoms with van der Waals surface area (Å²) in [5, 5.41) is 0.235. The lowest BCUT2D eigenvalue weighted by atomic mass is 10.2. The molecular formula is C23H35N3O5S2. The fourth-order valence-electron chi connectivity index (χ4n) is 3.86. The highest BCUT2D eigenvalue weighted by Gasteiger charge is 2.26. The molecule has 2 aromatic rings. The summed E-state index contributed by atoms with van der Waals surface area (Å²) in [6.07, 6.45) is 3.86. The minimum absolute atomic E-state index is 0.0765. The molecule has 0 radical (unpaired) electrons. The second-order valence-corrected chi connectivity index (χ2v) is 11.4. The largest absolute Gasteiger partial charge is 0.465 e. The Morgan fingerprint density at radius 2 is 2.09 bits per heavy atom. The third-order valence-corrected chi connectivity index (χ3v) is 8.91. The lowest BCUT2D eigenvalue weighted by Gasteiger charge is -2.18. The third kappa shape index (κ3) is 6.09. The van der Waals surface area contributed by atoms with Crippen molar-refractivity contribution in [2.75, 3.05) is 26.3 Å². The van der Waals surface area contributed by atoms with Crippen LogP contribution in [0.15, 0.2) is 28.3 Å². The summed E-state index contributed by atoms with van der Waals surface area (Å²) >= 11 is 1.34. The maximum absolute atomic E-state index is 13.0. The van der Waals surface area contributed by atoms with Crippen LogP contribution in [0.3, 0.4) is 0 Å². The molecule has 2 atom stereocenters. The van der Waals surface area contributed by atoms with E-state index in [0.717, 1.165) is 37.8 Å². The van der Waals surface area contributed by atoms with Crippen LogP contribution < -0.4 is 0 Å². The molecule has 184 valence electrons. The number of fused-ring (bicyclic) bond motifs is 1. The van der Waals surface area contributed by atoms with E-state index < -0.39 is 15.3 Å². The fourth-order valence-corrected chi connectivity index (χ4v) is 6.27.